The van der Waals surface area contributed by atoms with Crippen molar-refractivity contribution in [2.24, 2.45) is 5.73 Å². The molecule has 0 saturated heterocycles. The minimum atomic E-state index is -1.14. The number of nitrogens with one attached hydrogen (secondary N) is 1. The standard InChI is InChI=1S/C26H50N2O12/c1-26(2,3)40-25(31)22(21-23(27)29)28-24(30)5-6-33-9-10-35-13-14-37-17-18-39-20-19-38-16-15-36-12-11-34-8-7-32-4/h22H,5-21H2,1-4H3,(H2,27,29)(H,28,30). The second-order valence-electron chi connectivity index (χ2n) is 9.35. The van der Waals surface area contributed by atoms with Crippen LogP contribution in [-0.2, 0) is 57.0 Å². The number of hydrogen-bond donors (Lipinski definition) is 2. The van der Waals surface area contributed by atoms with Crippen molar-refractivity contribution in [1.82, 2.24) is 5.32 Å². The maximum Gasteiger partial charge on any atom is 0.329 e. The van der Waals surface area contributed by atoms with Gasteiger partial charge in [0.25, 0.3) is 0 Å². The molecule has 3 N–H and O–H groups in total. The Hall–Kier alpha value is -1.91. The van der Waals surface area contributed by atoms with E-state index < -0.39 is 29.4 Å². The zero-order valence-corrected chi connectivity index (χ0v) is 24.6. The van der Waals surface area contributed by atoms with Gasteiger partial charge in [0, 0.05) is 13.5 Å². The molecule has 40 heavy (non-hydrogen) atoms. The Morgan fingerprint density at radius 1 is 0.625 bits per heavy atom. The van der Waals surface area contributed by atoms with Crippen LogP contribution in [0, 0.1) is 0 Å². The Bertz CT molecular complexity index is 646. The Morgan fingerprint density at radius 3 is 1.30 bits per heavy atom. The van der Waals surface area contributed by atoms with Crippen molar-refractivity contribution < 1.29 is 57.0 Å². The van der Waals surface area contributed by atoms with E-state index in [0.717, 1.165) is 0 Å². The average Bonchev–Trinajstić information content (AvgIpc) is 2.87. The van der Waals surface area contributed by atoms with Crippen LogP contribution >= 0.6 is 0 Å². The monoisotopic (exact) mass is 582 g/mol. The van der Waals surface area contributed by atoms with E-state index in [2.05, 4.69) is 5.32 Å². The first-order valence-electron chi connectivity index (χ1n) is 13.5. The van der Waals surface area contributed by atoms with Gasteiger partial charge in [-0.1, -0.05) is 0 Å². The summed E-state index contributed by atoms with van der Waals surface area (Å²) in [6.45, 7) is 11.7. The van der Waals surface area contributed by atoms with E-state index in [-0.39, 0.29) is 19.4 Å². The molecule has 2 amide bonds. The summed E-state index contributed by atoms with van der Waals surface area (Å²) in [5.74, 6) is -1.89. The van der Waals surface area contributed by atoms with Crippen molar-refractivity contribution in [2.75, 3.05) is 106 Å². The highest BCUT2D eigenvalue weighted by Crippen LogP contribution is 2.10. The molecule has 1 atom stereocenters. The molecule has 0 bridgehead atoms. The van der Waals surface area contributed by atoms with Gasteiger partial charge in [-0.25, -0.2) is 4.79 Å². The molecule has 14 nitrogen and oxygen atoms in total. The largest absolute Gasteiger partial charge is 0.458 e. The third-order valence-corrected chi connectivity index (χ3v) is 4.57. The van der Waals surface area contributed by atoms with Gasteiger partial charge in [-0.15, -0.1) is 0 Å². The number of rotatable bonds is 28. The second-order valence-corrected chi connectivity index (χ2v) is 9.35. The molecular formula is C26H50N2O12. The summed E-state index contributed by atoms with van der Waals surface area (Å²) in [4.78, 5) is 35.5. The van der Waals surface area contributed by atoms with E-state index >= 15 is 0 Å². The van der Waals surface area contributed by atoms with Gasteiger partial charge in [0.15, 0.2) is 0 Å². The van der Waals surface area contributed by atoms with Crippen molar-refractivity contribution >= 4 is 17.8 Å². The fourth-order valence-electron chi connectivity index (χ4n) is 2.76. The highest BCUT2D eigenvalue weighted by molar-refractivity contribution is 5.89. The first kappa shape index (κ1) is 38.1. The lowest BCUT2D eigenvalue weighted by Crippen LogP contribution is -2.46. The third-order valence-electron chi connectivity index (χ3n) is 4.57. The minimum Gasteiger partial charge on any atom is -0.458 e. The van der Waals surface area contributed by atoms with Gasteiger partial charge < -0.3 is 53.7 Å². The molecule has 1 unspecified atom stereocenters. The molecule has 0 spiro atoms. The Balaban J connectivity index is 3.50. The summed E-state index contributed by atoms with van der Waals surface area (Å²) in [5, 5.41) is 2.46. The molecule has 236 valence electrons. The number of primary amides is 1. The zero-order chi connectivity index (χ0) is 29.9. The molecule has 0 aliphatic rings. The van der Waals surface area contributed by atoms with Crippen LogP contribution in [0.2, 0.25) is 0 Å². The smallest absolute Gasteiger partial charge is 0.329 e. The van der Waals surface area contributed by atoms with Crippen molar-refractivity contribution in [2.45, 2.75) is 45.3 Å². The fourth-order valence-corrected chi connectivity index (χ4v) is 2.76. The zero-order valence-electron chi connectivity index (χ0n) is 24.6. The molecule has 0 aromatic carbocycles. The number of carbonyl (C=O) groups excluding carboxylic acids is 3. The molecule has 0 radical (unpaired) electrons. The van der Waals surface area contributed by atoms with E-state index in [1.807, 2.05) is 0 Å². The van der Waals surface area contributed by atoms with E-state index in [1.165, 1.54) is 0 Å². The van der Waals surface area contributed by atoms with Crippen LogP contribution in [0.5, 0.6) is 0 Å². The van der Waals surface area contributed by atoms with Gasteiger partial charge in [-0.2, -0.15) is 0 Å². The third kappa shape index (κ3) is 27.6. The molecule has 0 aliphatic carbocycles. The minimum absolute atomic E-state index is 0.00507. The highest BCUT2D eigenvalue weighted by atomic mass is 16.6. The van der Waals surface area contributed by atoms with E-state index in [1.54, 1.807) is 27.9 Å². The number of carbonyl (C=O) groups is 3. The summed E-state index contributed by atoms with van der Waals surface area (Å²) in [7, 11) is 1.63. The predicted molar refractivity (Wildman–Crippen MR) is 144 cm³/mol. The van der Waals surface area contributed by atoms with E-state index in [0.29, 0.717) is 92.5 Å². The highest BCUT2D eigenvalue weighted by Gasteiger charge is 2.28. The van der Waals surface area contributed by atoms with Crippen LogP contribution in [0.4, 0.5) is 0 Å². The number of nitrogens with two attached hydrogens (primary N) is 1. The first-order valence-corrected chi connectivity index (χ1v) is 13.5. The molecule has 0 aromatic heterocycles. The normalized spacial score (nSPS) is 12.3. The SMILES string of the molecule is COCCOCCOCCOCCOCCOCCOCCOCCC(=O)NC(CC(N)=O)C(=O)OC(C)(C)C. The van der Waals surface area contributed by atoms with E-state index in [9.17, 15) is 14.4 Å². The van der Waals surface area contributed by atoms with Gasteiger partial charge in [0.1, 0.15) is 11.6 Å². The molecule has 0 aliphatic heterocycles. The number of esters is 1. The Labute approximate surface area is 237 Å². The Morgan fingerprint density at radius 2 is 0.975 bits per heavy atom. The summed E-state index contributed by atoms with van der Waals surface area (Å²) < 4.78 is 47.7. The maximum atomic E-state index is 12.2. The van der Waals surface area contributed by atoms with Crippen molar-refractivity contribution in [3.8, 4) is 0 Å². The summed E-state index contributed by atoms with van der Waals surface area (Å²) in [6.07, 6.45) is -0.341. The van der Waals surface area contributed by atoms with Gasteiger partial charge in [0.2, 0.25) is 11.8 Å². The summed E-state index contributed by atoms with van der Waals surface area (Å²) >= 11 is 0. The topological polar surface area (TPSA) is 172 Å². The molecule has 14 heteroatoms. The molecule has 0 aromatic rings. The number of methoxy groups -OCH3 is 1. The van der Waals surface area contributed by atoms with Crippen LogP contribution in [0.25, 0.3) is 0 Å². The second kappa shape index (κ2) is 26.0. The van der Waals surface area contributed by atoms with Crippen LogP contribution in [0.3, 0.4) is 0 Å². The Kier molecular flexibility index (Phi) is 24.8. The van der Waals surface area contributed by atoms with Crippen LogP contribution < -0.4 is 11.1 Å². The lowest BCUT2D eigenvalue weighted by Gasteiger charge is -2.24. The van der Waals surface area contributed by atoms with Gasteiger partial charge in [-0.3, -0.25) is 9.59 Å². The van der Waals surface area contributed by atoms with Gasteiger partial charge >= 0.3 is 5.97 Å². The van der Waals surface area contributed by atoms with Crippen LogP contribution in [0.1, 0.15) is 33.6 Å². The molecular weight excluding hydrogens is 532 g/mol. The quantitative estimate of drug-likeness (QED) is 0.0924. The average molecular weight is 583 g/mol. The molecule has 0 fully saturated rings. The van der Waals surface area contributed by atoms with Crippen molar-refractivity contribution in [3.63, 3.8) is 0 Å². The van der Waals surface area contributed by atoms with E-state index in [4.69, 9.17) is 48.4 Å². The summed E-state index contributed by atoms with van der Waals surface area (Å²) in [6, 6.07) is -1.14. The van der Waals surface area contributed by atoms with Crippen molar-refractivity contribution in [3.05, 3.63) is 0 Å². The lowest BCUT2D eigenvalue weighted by atomic mass is 10.1. The van der Waals surface area contributed by atoms with Crippen LogP contribution in [0.15, 0.2) is 0 Å². The molecule has 0 heterocycles. The van der Waals surface area contributed by atoms with Gasteiger partial charge in [-0.05, 0) is 20.8 Å². The molecule has 0 rings (SSSR count). The number of hydrogen-bond acceptors (Lipinski definition) is 12. The predicted octanol–water partition coefficient (Wildman–Crippen LogP) is -0.159. The number of amides is 2. The van der Waals surface area contributed by atoms with Crippen LogP contribution in [-0.4, -0.2) is 136 Å². The fraction of sp³-hybridized carbons (Fsp3) is 0.885. The maximum absolute atomic E-state index is 12.2. The van der Waals surface area contributed by atoms with Gasteiger partial charge in [0.05, 0.1) is 106 Å². The lowest BCUT2D eigenvalue weighted by molar-refractivity contribution is -0.159. The first-order chi connectivity index (χ1) is 19.2. The van der Waals surface area contributed by atoms with Crippen molar-refractivity contribution in [1.29, 1.82) is 0 Å². The number of ether oxygens (including phenoxy) is 9. The molecule has 0 saturated carbocycles. The summed E-state index contributed by atoms with van der Waals surface area (Å²) in [5.41, 5.74) is 4.41.